The summed E-state index contributed by atoms with van der Waals surface area (Å²) in [7, 11) is 0. The summed E-state index contributed by atoms with van der Waals surface area (Å²) >= 11 is 9.25. The molecule has 1 aliphatic rings. The lowest BCUT2D eigenvalue weighted by Crippen LogP contribution is -2.52. The summed E-state index contributed by atoms with van der Waals surface area (Å²) in [6, 6.07) is 4.06. The van der Waals surface area contributed by atoms with Crippen LogP contribution in [0.3, 0.4) is 0 Å². The van der Waals surface area contributed by atoms with E-state index in [1.165, 1.54) is 24.6 Å². The van der Waals surface area contributed by atoms with E-state index in [2.05, 4.69) is 28.2 Å². The van der Waals surface area contributed by atoms with E-state index in [1.54, 1.807) is 0 Å². The van der Waals surface area contributed by atoms with Crippen LogP contribution in [0.5, 0.6) is 0 Å². The number of halogens is 3. The molecule has 1 saturated carbocycles. The largest absolute Gasteiger partial charge is 0.346 e. The summed E-state index contributed by atoms with van der Waals surface area (Å²) in [4.78, 5) is 12.3. The molecular weight excluding hydrogens is 345 g/mol. The number of rotatable bonds is 3. The normalized spacial score (nSPS) is 26.3. The van der Waals surface area contributed by atoms with Crippen LogP contribution < -0.4 is 5.32 Å². The number of amides is 1. The van der Waals surface area contributed by atoms with Gasteiger partial charge in [0.05, 0.1) is 10.6 Å². The molecule has 0 bridgehead atoms. The minimum absolute atomic E-state index is 0.0254. The van der Waals surface area contributed by atoms with E-state index >= 15 is 0 Å². The summed E-state index contributed by atoms with van der Waals surface area (Å²) in [5.41, 5.74) is 0.185. The Hall–Kier alpha value is -0.610. The summed E-state index contributed by atoms with van der Waals surface area (Å²) in [6.45, 7) is 2.21. The molecule has 1 N–H and O–H groups in total. The highest BCUT2D eigenvalue weighted by molar-refractivity contribution is 9.09. The second-order valence-electron chi connectivity index (χ2n) is 5.70. The van der Waals surface area contributed by atoms with Crippen LogP contribution in [0.25, 0.3) is 0 Å². The van der Waals surface area contributed by atoms with Crippen LogP contribution in [-0.4, -0.2) is 16.8 Å². The van der Waals surface area contributed by atoms with Gasteiger partial charge in [-0.1, -0.05) is 47.3 Å². The number of alkyl halides is 1. The fourth-order valence-electron chi connectivity index (χ4n) is 2.88. The third-order valence-corrected chi connectivity index (χ3v) is 5.27. The molecule has 1 aliphatic carbocycles. The van der Waals surface area contributed by atoms with Gasteiger partial charge in [0, 0.05) is 10.9 Å². The fraction of sp³-hybridized carbons (Fsp3) is 0.533. The Morgan fingerprint density at radius 2 is 2.35 bits per heavy atom. The van der Waals surface area contributed by atoms with Crippen molar-refractivity contribution in [2.24, 2.45) is 5.92 Å². The quantitative estimate of drug-likeness (QED) is 0.785. The van der Waals surface area contributed by atoms with E-state index in [0.29, 0.717) is 11.5 Å². The molecule has 5 heteroatoms. The predicted octanol–water partition coefficient (Wildman–Crippen LogP) is 4.55. The molecule has 2 rings (SSSR count). The maximum atomic E-state index is 13.1. The van der Waals surface area contributed by atoms with Crippen molar-refractivity contribution in [3.63, 3.8) is 0 Å². The number of benzene rings is 1. The molecule has 2 unspecified atom stereocenters. The molecule has 0 saturated heterocycles. The van der Waals surface area contributed by atoms with Crippen LogP contribution in [0, 0.1) is 11.7 Å². The van der Waals surface area contributed by atoms with Gasteiger partial charge in [-0.3, -0.25) is 4.79 Å². The average molecular weight is 363 g/mol. The molecule has 0 heterocycles. The van der Waals surface area contributed by atoms with Crippen molar-refractivity contribution in [2.45, 2.75) is 38.1 Å². The second-order valence-corrected chi connectivity index (χ2v) is 6.67. The summed E-state index contributed by atoms with van der Waals surface area (Å²) in [5.74, 6) is -0.108. The number of carbonyl (C=O) groups is 1. The first kappa shape index (κ1) is 15.8. The second kappa shape index (κ2) is 6.44. The Morgan fingerprint density at radius 3 is 2.95 bits per heavy atom. The minimum atomic E-state index is -0.510. The molecule has 2 nitrogen and oxygen atoms in total. The van der Waals surface area contributed by atoms with Gasteiger partial charge in [0.1, 0.15) is 5.82 Å². The van der Waals surface area contributed by atoms with Crippen molar-refractivity contribution < 1.29 is 9.18 Å². The first-order valence-electron chi connectivity index (χ1n) is 6.79. The Kier molecular flexibility index (Phi) is 5.08. The van der Waals surface area contributed by atoms with Crippen molar-refractivity contribution in [1.29, 1.82) is 0 Å². The van der Waals surface area contributed by atoms with Crippen molar-refractivity contribution in [2.75, 3.05) is 5.33 Å². The third kappa shape index (κ3) is 3.53. The number of hydrogen-bond donors (Lipinski definition) is 1. The maximum absolute atomic E-state index is 13.1. The van der Waals surface area contributed by atoms with E-state index in [4.69, 9.17) is 11.6 Å². The van der Waals surface area contributed by atoms with E-state index in [1.807, 2.05) is 0 Å². The SMILES string of the molecule is CC1CCCC(CBr)(NC(=O)c2ccc(F)c(Cl)c2)C1. The first-order chi connectivity index (χ1) is 9.46. The number of hydrogen-bond acceptors (Lipinski definition) is 1. The maximum Gasteiger partial charge on any atom is 0.251 e. The third-order valence-electron chi connectivity index (χ3n) is 3.91. The molecule has 0 spiro atoms. The lowest BCUT2D eigenvalue weighted by atomic mass is 9.77. The van der Waals surface area contributed by atoms with E-state index in [9.17, 15) is 9.18 Å². The molecular formula is C15H18BrClFNO. The van der Waals surface area contributed by atoms with Gasteiger partial charge < -0.3 is 5.32 Å². The van der Waals surface area contributed by atoms with Gasteiger partial charge >= 0.3 is 0 Å². The van der Waals surface area contributed by atoms with E-state index < -0.39 is 5.82 Å². The first-order valence-corrected chi connectivity index (χ1v) is 8.29. The summed E-state index contributed by atoms with van der Waals surface area (Å²) < 4.78 is 13.1. The molecule has 0 radical (unpaired) electrons. The predicted molar refractivity (Wildman–Crippen MR) is 83.0 cm³/mol. The average Bonchev–Trinajstić information content (AvgIpc) is 2.41. The molecule has 1 amide bonds. The van der Waals surface area contributed by atoms with Gasteiger partial charge in [0.15, 0.2) is 0 Å². The van der Waals surface area contributed by atoms with Crippen LogP contribution in [0.2, 0.25) is 5.02 Å². The van der Waals surface area contributed by atoms with Crippen molar-refractivity contribution in [3.8, 4) is 0 Å². The summed E-state index contributed by atoms with van der Waals surface area (Å²) in [6.07, 6.45) is 4.23. The molecule has 1 fully saturated rings. The molecule has 1 aromatic carbocycles. The standard InChI is InChI=1S/C15H18BrClFNO/c1-10-3-2-6-15(8-10,9-16)19-14(20)11-4-5-13(18)12(17)7-11/h4-5,7,10H,2-3,6,8-9H2,1H3,(H,19,20). The monoisotopic (exact) mass is 361 g/mol. The smallest absolute Gasteiger partial charge is 0.251 e. The Morgan fingerprint density at radius 1 is 1.60 bits per heavy atom. The molecule has 2 atom stereocenters. The van der Waals surface area contributed by atoms with E-state index in [-0.39, 0.29) is 16.5 Å². The molecule has 110 valence electrons. The van der Waals surface area contributed by atoms with Crippen molar-refractivity contribution >= 4 is 33.4 Å². The molecule has 1 aromatic rings. The zero-order chi connectivity index (χ0) is 14.8. The van der Waals surface area contributed by atoms with E-state index in [0.717, 1.165) is 24.6 Å². The van der Waals surface area contributed by atoms with Gasteiger partial charge in [-0.05, 0) is 37.0 Å². The van der Waals surface area contributed by atoms with Gasteiger partial charge in [-0.25, -0.2) is 4.39 Å². The summed E-state index contributed by atoms with van der Waals surface area (Å²) in [5, 5.41) is 3.81. The van der Waals surface area contributed by atoms with Crippen molar-refractivity contribution in [3.05, 3.63) is 34.6 Å². The lowest BCUT2D eigenvalue weighted by Gasteiger charge is -2.39. The zero-order valence-corrected chi connectivity index (χ0v) is 13.7. The Bertz CT molecular complexity index is 511. The minimum Gasteiger partial charge on any atom is -0.346 e. The van der Waals surface area contributed by atoms with Gasteiger partial charge in [0.2, 0.25) is 0 Å². The van der Waals surface area contributed by atoms with Gasteiger partial charge in [-0.2, -0.15) is 0 Å². The number of carbonyl (C=O) groups excluding carboxylic acids is 1. The van der Waals surface area contributed by atoms with Crippen LogP contribution in [0.15, 0.2) is 18.2 Å². The van der Waals surface area contributed by atoms with Gasteiger partial charge in [0.25, 0.3) is 5.91 Å². The van der Waals surface area contributed by atoms with Crippen molar-refractivity contribution in [1.82, 2.24) is 5.32 Å². The molecule has 20 heavy (non-hydrogen) atoms. The Balaban J connectivity index is 2.14. The van der Waals surface area contributed by atoms with Crippen LogP contribution >= 0.6 is 27.5 Å². The van der Waals surface area contributed by atoms with Gasteiger partial charge in [-0.15, -0.1) is 0 Å². The van der Waals surface area contributed by atoms with Crippen LogP contribution in [-0.2, 0) is 0 Å². The lowest BCUT2D eigenvalue weighted by molar-refractivity contribution is 0.0869. The van der Waals surface area contributed by atoms with Crippen LogP contribution in [0.1, 0.15) is 43.0 Å². The fourth-order valence-corrected chi connectivity index (χ4v) is 3.71. The molecule has 0 aromatic heterocycles. The highest BCUT2D eigenvalue weighted by atomic mass is 79.9. The number of nitrogens with one attached hydrogen (secondary N) is 1. The zero-order valence-electron chi connectivity index (χ0n) is 11.4. The topological polar surface area (TPSA) is 29.1 Å². The Labute approximate surface area is 132 Å². The molecule has 0 aliphatic heterocycles. The highest BCUT2D eigenvalue weighted by Crippen LogP contribution is 2.34. The highest BCUT2D eigenvalue weighted by Gasteiger charge is 2.35. The van der Waals surface area contributed by atoms with Crippen LogP contribution in [0.4, 0.5) is 4.39 Å².